The van der Waals surface area contributed by atoms with Crippen molar-refractivity contribution in [1.82, 2.24) is 4.31 Å². The molecule has 0 aromatic heterocycles. The average Bonchev–Trinajstić information content (AvgIpc) is 3.08. The number of sulfonamides is 1. The van der Waals surface area contributed by atoms with Gasteiger partial charge in [-0.15, -0.1) is 0 Å². The summed E-state index contributed by atoms with van der Waals surface area (Å²) in [6.45, 7) is 1.56. The van der Waals surface area contributed by atoms with Crippen LogP contribution in [-0.2, 0) is 32.2 Å². The molecule has 0 N–H and O–H groups in total. The first-order valence-corrected chi connectivity index (χ1v) is 11.6. The van der Waals surface area contributed by atoms with E-state index in [1.54, 1.807) is 17.0 Å². The Kier molecular flexibility index (Phi) is 7.26. The lowest BCUT2D eigenvalue weighted by Crippen LogP contribution is -2.45. The summed E-state index contributed by atoms with van der Waals surface area (Å²) in [7, 11) is -2.90. The van der Waals surface area contributed by atoms with Crippen LogP contribution in [0.15, 0.2) is 53.4 Å². The first-order chi connectivity index (χ1) is 15.1. The van der Waals surface area contributed by atoms with E-state index in [2.05, 4.69) is 0 Å². The number of carbonyl (C=O) groups is 1. The number of anilines is 1. The van der Waals surface area contributed by atoms with Gasteiger partial charge in [0, 0.05) is 32.0 Å². The molecule has 1 aliphatic rings. The van der Waals surface area contributed by atoms with Crippen LogP contribution in [0.25, 0.3) is 0 Å². The number of fused-ring (bicyclic) bond motifs is 1. The van der Waals surface area contributed by atoms with Crippen molar-refractivity contribution in [2.75, 3.05) is 31.7 Å². The Labute approximate surface area is 185 Å². The van der Waals surface area contributed by atoms with E-state index in [4.69, 9.17) is 4.74 Å². The van der Waals surface area contributed by atoms with E-state index in [1.807, 2.05) is 19.1 Å². The van der Waals surface area contributed by atoms with Crippen LogP contribution >= 0.6 is 0 Å². The molecule has 0 unspecified atom stereocenters. The SMILES string of the molecule is COCCCN(CC(=O)N1c2ccccc2C[C@H]1C)S(=O)(=O)c1cccc(C(F)(F)F)c1. The number of rotatable bonds is 8. The van der Waals surface area contributed by atoms with E-state index in [0.717, 1.165) is 33.8 Å². The van der Waals surface area contributed by atoms with Crippen molar-refractivity contribution in [3.63, 3.8) is 0 Å². The lowest BCUT2D eigenvalue weighted by molar-refractivity contribution is -0.137. The van der Waals surface area contributed by atoms with E-state index in [0.29, 0.717) is 12.5 Å². The zero-order valence-corrected chi connectivity index (χ0v) is 18.6. The quantitative estimate of drug-likeness (QED) is 0.552. The van der Waals surface area contributed by atoms with Crippen molar-refractivity contribution in [3.05, 3.63) is 59.7 Å². The molecule has 0 bridgehead atoms. The third-order valence-corrected chi connectivity index (χ3v) is 7.18. The molecule has 0 aliphatic carbocycles. The van der Waals surface area contributed by atoms with Gasteiger partial charge in [-0.05, 0) is 49.6 Å². The van der Waals surface area contributed by atoms with Crippen LogP contribution in [0.4, 0.5) is 18.9 Å². The van der Waals surface area contributed by atoms with Crippen LogP contribution < -0.4 is 4.90 Å². The van der Waals surface area contributed by atoms with Crippen molar-refractivity contribution in [2.24, 2.45) is 0 Å². The Morgan fingerprint density at radius 1 is 1.19 bits per heavy atom. The van der Waals surface area contributed by atoms with Crippen molar-refractivity contribution < 1.29 is 31.1 Å². The molecule has 2 aromatic carbocycles. The highest BCUT2D eigenvalue weighted by Crippen LogP contribution is 2.33. The van der Waals surface area contributed by atoms with Crippen molar-refractivity contribution in [1.29, 1.82) is 0 Å². The predicted octanol–water partition coefficient (Wildman–Crippen LogP) is 3.71. The summed E-state index contributed by atoms with van der Waals surface area (Å²) in [6, 6.07) is 10.8. The fraction of sp³-hybridized carbons (Fsp3) is 0.409. The number of nitrogens with zero attached hydrogens (tertiary/aromatic N) is 2. The third kappa shape index (κ3) is 5.13. The molecule has 2 aromatic rings. The van der Waals surface area contributed by atoms with Gasteiger partial charge in [-0.3, -0.25) is 4.79 Å². The minimum Gasteiger partial charge on any atom is -0.385 e. The Balaban J connectivity index is 1.90. The van der Waals surface area contributed by atoms with Gasteiger partial charge in [0.1, 0.15) is 0 Å². The minimum absolute atomic E-state index is 0.0674. The highest BCUT2D eigenvalue weighted by molar-refractivity contribution is 7.89. The van der Waals surface area contributed by atoms with E-state index in [9.17, 15) is 26.4 Å². The highest BCUT2D eigenvalue weighted by atomic mass is 32.2. The first-order valence-electron chi connectivity index (χ1n) is 10.1. The summed E-state index contributed by atoms with van der Waals surface area (Å²) in [4.78, 5) is 14.2. The third-order valence-electron chi connectivity index (χ3n) is 5.34. The van der Waals surface area contributed by atoms with Crippen LogP contribution in [0.5, 0.6) is 0 Å². The maximum absolute atomic E-state index is 13.2. The summed E-state index contributed by atoms with van der Waals surface area (Å²) < 4.78 is 71.7. The van der Waals surface area contributed by atoms with Crippen molar-refractivity contribution >= 4 is 21.6 Å². The molecule has 0 saturated heterocycles. The zero-order chi connectivity index (χ0) is 23.5. The van der Waals surface area contributed by atoms with Gasteiger partial charge in [0.2, 0.25) is 15.9 Å². The summed E-state index contributed by atoms with van der Waals surface area (Å²) in [6.07, 6.45) is -3.75. The van der Waals surface area contributed by atoms with Gasteiger partial charge in [0.05, 0.1) is 17.0 Å². The van der Waals surface area contributed by atoms with E-state index < -0.39 is 39.1 Å². The van der Waals surface area contributed by atoms with Gasteiger partial charge in [0.15, 0.2) is 0 Å². The number of amides is 1. The van der Waals surface area contributed by atoms with Crippen LogP contribution in [0, 0.1) is 0 Å². The fourth-order valence-corrected chi connectivity index (χ4v) is 5.30. The molecule has 1 aliphatic heterocycles. The smallest absolute Gasteiger partial charge is 0.385 e. The summed E-state index contributed by atoms with van der Waals surface area (Å²) >= 11 is 0. The normalized spacial score (nSPS) is 16.4. The monoisotopic (exact) mass is 470 g/mol. The highest BCUT2D eigenvalue weighted by Gasteiger charge is 2.36. The van der Waals surface area contributed by atoms with Gasteiger partial charge in [-0.25, -0.2) is 8.42 Å². The molecule has 1 atom stereocenters. The largest absolute Gasteiger partial charge is 0.416 e. The Hall–Kier alpha value is -2.43. The van der Waals surface area contributed by atoms with Gasteiger partial charge < -0.3 is 9.64 Å². The number of ether oxygens (including phenoxy) is 1. The number of hydrogen-bond donors (Lipinski definition) is 0. The zero-order valence-electron chi connectivity index (χ0n) is 17.8. The standard InChI is InChI=1S/C22H25F3N2O4S/c1-16-13-17-7-3-4-10-20(17)27(16)21(28)15-26(11-6-12-31-2)32(29,30)19-9-5-8-18(14-19)22(23,24)25/h3-5,7-10,14,16H,6,11-13,15H2,1-2H3/t16-/m1/s1. The number of halogens is 3. The molecular weight excluding hydrogens is 445 g/mol. The number of alkyl halides is 3. The lowest BCUT2D eigenvalue weighted by atomic mass is 10.1. The molecule has 0 radical (unpaired) electrons. The molecule has 6 nitrogen and oxygen atoms in total. The van der Waals surface area contributed by atoms with Gasteiger partial charge in [-0.2, -0.15) is 17.5 Å². The summed E-state index contributed by atoms with van der Waals surface area (Å²) in [5, 5.41) is 0. The molecule has 0 spiro atoms. The van der Waals surface area contributed by atoms with Crippen molar-refractivity contribution in [2.45, 2.75) is 36.9 Å². The average molecular weight is 471 g/mol. The van der Waals surface area contributed by atoms with E-state index in [-0.39, 0.29) is 25.6 Å². The van der Waals surface area contributed by atoms with Gasteiger partial charge in [-0.1, -0.05) is 24.3 Å². The second-order valence-corrected chi connectivity index (χ2v) is 9.59. The molecule has 10 heteroatoms. The second kappa shape index (κ2) is 9.60. The second-order valence-electron chi connectivity index (χ2n) is 7.66. The fourth-order valence-electron chi connectivity index (χ4n) is 3.82. The lowest BCUT2D eigenvalue weighted by Gasteiger charge is -2.27. The maximum Gasteiger partial charge on any atom is 0.416 e. The molecule has 32 heavy (non-hydrogen) atoms. The number of para-hydroxylation sites is 1. The van der Waals surface area contributed by atoms with Crippen LogP contribution in [-0.4, -0.2) is 51.5 Å². The van der Waals surface area contributed by atoms with Crippen LogP contribution in [0.2, 0.25) is 0 Å². The van der Waals surface area contributed by atoms with E-state index in [1.165, 1.54) is 7.11 Å². The van der Waals surface area contributed by atoms with Gasteiger partial charge >= 0.3 is 6.18 Å². The topological polar surface area (TPSA) is 66.9 Å². The first kappa shape index (κ1) is 24.2. The summed E-state index contributed by atoms with van der Waals surface area (Å²) in [5.41, 5.74) is 0.641. The maximum atomic E-state index is 13.2. The van der Waals surface area contributed by atoms with Crippen LogP contribution in [0.3, 0.4) is 0 Å². The van der Waals surface area contributed by atoms with Crippen LogP contribution in [0.1, 0.15) is 24.5 Å². The number of methoxy groups -OCH3 is 1. The van der Waals surface area contributed by atoms with E-state index >= 15 is 0 Å². The number of carbonyl (C=O) groups excluding carboxylic acids is 1. The molecule has 3 rings (SSSR count). The minimum atomic E-state index is -4.68. The molecule has 1 amide bonds. The molecule has 174 valence electrons. The molecular formula is C22H25F3N2O4S. The predicted molar refractivity (Wildman–Crippen MR) is 114 cm³/mol. The molecule has 0 saturated carbocycles. The Bertz CT molecular complexity index is 1070. The molecule has 0 fully saturated rings. The number of benzene rings is 2. The van der Waals surface area contributed by atoms with Crippen molar-refractivity contribution in [3.8, 4) is 0 Å². The Morgan fingerprint density at radius 3 is 2.59 bits per heavy atom. The Morgan fingerprint density at radius 2 is 1.91 bits per heavy atom. The van der Waals surface area contributed by atoms with Gasteiger partial charge in [0.25, 0.3) is 0 Å². The number of hydrogen-bond acceptors (Lipinski definition) is 4. The molecule has 1 heterocycles. The summed E-state index contributed by atoms with van der Waals surface area (Å²) in [5.74, 6) is -0.435.